The summed E-state index contributed by atoms with van der Waals surface area (Å²) in [5.74, 6) is 0.599. The highest BCUT2D eigenvalue weighted by atomic mass is 16.5. The summed E-state index contributed by atoms with van der Waals surface area (Å²) in [5, 5.41) is 9.54. The van der Waals surface area contributed by atoms with Gasteiger partial charge in [0, 0.05) is 13.2 Å². The summed E-state index contributed by atoms with van der Waals surface area (Å²) < 4.78 is 5.21. The predicted octanol–water partition coefficient (Wildman–Crippen LogP) is 2.60. The van der Waals surface area contributed by atoms with Crippen LogP contribution in [0, 0.1) is 5.92 Å². The molecule has 1 atom stereocenters. The Morgan fingerprint density at radius 3 is 2.46 bits per heavy atom. The number of unbranched alkanes of at least 4 members (excludes halogenated alkanes) is 1. The van der Waals surface area contributed by atoms with Crippen LogP contribution in [-0.4, -0.2) is 24.4 Å². The zero-order chi connectivity index (χ0) is 10.1. The average Bonchev–Trinajstić information content (AvgIpc) is 2.02. The Kier molecular flexibility index (Phi) is 8.46. The van der Waals surface area contributed by atoms with Crippen molar-refractivity contribution in [1.29, 1.82) is 0 Å². The van der Waals surface area contributed by atoms with E-state index >= 15 is 0 Å². The molecule has 0 fully saturated rings. The minimum absolute atomic E-state index is 0.110. The molecule has 0 aliphatic heterocycles. The largest absolute Gasteiger partial charge is 0.393 e. The molecule has 1 N–H and O–H groups in total. The van der Waals surface area contributed by atoms with Crippen molar-refractivity contribution in [2.75, 3.05) is 13.2 Å². The zero-order valence-corrected chi connectivity index (χ0v) is 9.25. The summed E-state index contributed by atoms with van der Waals surface area (Å²) in [6, 6.07) is 0. The Labute approximate surface area is 82.3 Å². The Balaban J connectivity index is 3.12. The third kappa shape index (κ3) is 9.84. The smallest absolute Gasteiger partial charge is 0.0542 e. The van der Waals surface area contributed by atoms with Crippen molar-refractivity contribution in [3.8, 4) is 0 Å². The third-order valence-electron chi connectivity index (χ3n) is 2.02. The number of hydrogen-bond acceptors (Lipinski definition) is 2. The fourth-order valence-corrected chi connectivity index (χ4v) is 1.39. The van der Waals surface area contributed by atoms with Crippen molar-refractivity contribution >= 4 is 0 Å². The van der Waals surface area contributed by atoms with Gasteiger partial charge in [0.25, 0.3) is 0 Å². The summed E-state index contributed by atoms with van der Waals surface area (Å²) in [6.45, 7) is 7.93. The monoisotopic (exact) mass is 188 g/mol. The lowest BCUT2D eigenvalue weighted by Crippen LogP contribution is -2.10. The van der Waals surface area contributed by atoms with E-state index in [2.05, 4.69) is 13.8 Å². The van der Waals surface area contributed by atoms with Gasteiger partial charge in [-0.05, 0) is 38.5 Å². The van der Waals surface area contributed by atoms with Gasteiger partial charge in [0.1, 0.15) is 0 Å². The van der Waals surface area contributed by atoms with Crippen LogP contribution in [0.15, 0.2) is 0 Å². The fourth-order valence-electron chi connectivity index (χ4n) is 1.39. The first kappa shape index (κ1) is 12.9. The highest BCUT2D eigenvalue weighted by Crippen LogP contribution is 2.10. The molecule has 0 heterocycles. The Morgan fingerprint density at radius 1 is 1.23 bits per heavy atom. The summed E-state index contributed by atoms with van der Waals surface area (Å²) in [7, 11) is 0. The van der Waals surface area contributed by atoms with Crippen LogP contribution in [0.25, 0.3) is 0 Å². The van der Waals surface area contributed by atoms with Crippen LogP contribution in [0.5, 0.6) is 0 Å². The van der Waals surface area contributed by atoms with Gasteiger partial charge in [0.2, 0.25) is 0 Å². The van der Waals surface area contributed by atoms with E-state index in [9.17, 15) is 5.11 Å². The van der Waals surface area contributed by atoms with Crippen molar-refractivity contribution in [3.63, 3.8) is 0 Å². The van der Waals surface area contributed by atoms with Crippen LogP contribution >= 0.6 is 0 Å². The molecule has 0 spiro atoms. The first-order valence-electron chi connectivity index (χ1n) is 5.42. The molecule has 2 nitrogen and oxygen atoms in total. The van der Waals surface area contributed by atoms with E-state index in [1.165, 1.54) is 0 Å². The van der Waals surface area contributed by atoms with Crippen molar-refractivity contribution in [2.45, 2.75) is 52.6 Å². The molecule has 0 aliphatic rings. The van der Waals surface area contributed by atoms with Gasteiger partial charge in [0.15, 0.2) is 0 Å². The van der Waals surface area contributed by atoms with Crippen LogP contribution in [0.3, 0.4) is 0 Å². The van der Waals surface area contributed by atoms with Crippen LogP contribution in [0.4, 0.5) is 0 Å². The van der Waals surface area contributed by atoms with Gasteiger partial charge in [-0.3, -0.25) is 0 Å². The molecule has 80 valence electrons. The zero-order valence-electron chi connectivity index (χ0n) is 9.25. The molecule has 0 aliphatic carbocycles. The first-order valence-corrected chi connectivity index (χ1v) is 5.42. The van der Waals surface area contributed by atoms with Crippen molar-refractivity contribution in [2.24, 2.45) is 5.92 Å². The lowest BCUT2D eigenvalue weighted by atomic mass is 10.0. The molecule has 0 aromatic carbocycles. The maximum absolute atomic E-state index is 9.54. The predicted molar refractivity (Wildman–Crippen MR) is 55.8 cm³/mol. The van der Waals surface area contributed by atoms with Crippen molar-refractivity contribution in [3.05, 3.63) is 0 Å². The number of hydrogen-bond donors (Lipinski definition) is 1. The fraction of sp³-hybridized carbons (Fsp3) is 1.00. The van der Waals surface area contributed by atoms with E-state index in [-0.39, 0.29) is 6.10 Å². The minimum atomic E-state index is -0.110. The quantitative estimate of drug-likeness (QED) is 0.593. The van der Waals surface area contributed by atoms with E-state index in [4.69, 9.17) is 4.74 Å². The van der Waals surface area contributed by atoms with Gasteiger partial charge in [-0.15, -0.1) is 0 Å². The second kappa shape index (κ2) is 8.52. The molecule has 0 radical (unpaired) electrons. The molecule has 0 rings (SSSR count). The lowest BCUT2D eigenvalue weighted by molar-refractivity contribution is 0.119. The molecular formula is C11H24O2. The number of aliphatic hydroxyl groups excluding tert-OH is 1. The van der Waals surface area contributed by atoms with E-state index in [1.54, 1.807) is 0 Å². The van der Waals surface area contributed by atoms with Crippen LogP contribution in [-0.2, 0) is 4.74 Å². The summed E-state index contributed by atoms with van der Waals surface area (Å²) in [4.78, 5) is 0. The Bertz CT molecular complexity index is 102. The Hall–Kier alpha value is -0.0800. The molecule has 0 aromatic heterocycles. The molecule has 2 heteroatoms. The second-order valence-corrected chi connectivity index (χ2v) is 3.98. The lowest BCUT2D eigenvalue weighted by Gasteiger charge is -2.12. The summed E-state index contributed by atoms with van der Waals surface area (Å²) in [5.41, 5.74) is 0. The van der Waals surface area contributed by atoms with Crippen LogP contribution in [0.2, 0.25) is 0 Å². The minimum Gasteiger partial charge on any atom is -0.393 e. The highest BCUT2D eigenvalue weighted by molar-refractivity contribution is 4.58. The van der Waals surface area contributed by atoms with Crippen molar-refractivity contribution in [1.82, 2.24) is 0 Å². The van der Waals surface area contributed by atoms with Gasteiger partial charge < -0.3 is 9.84 Å². The maximum atomic E-state index is 9.54. The SMILES string of the molecule is CCOCCCCC(O)CC(C)C. The maximum Gasteiger partial charge on any atom is 0.0542 e. The Morgan fingerprint density at radius 2 is 1.92 bits per heavy atom. The molecular weight excluding hydrogens is 164 g/mol. The van der Waals surface area contributed by atoms with Crippen LogP contribution in [0.1, 0.15) is 46.5 Å². The first-order chi connectivity index (χ1) is 6.16. The van der Waals surface area contributed by atoms with Gasteiger partial charge in [0.05, 0.1) is 6.10 Å². The molecule has 0 saturated heterocycles. The third-order valence-corrected chi connectivity index (χ3v) is 2.02. The second-order valence-electron chi connectivity index (χ2n) is 3.98. The molecule has 0 aromatic rings. The van der Waals surface area contributed by atoms with Crippen LogP contribution < -0.4 is 0 Å². The molecule has 1 unspecified atom stereocenters. The molecule has 0 bridgehead atoms. The van der Waals surface area contributed by atoms with E-state index < -0.39 is 0 Å². The summed E-state index contributed by atoms with van der Waals surface area (Å²) in [6.07, 6.45) is 3.89. The number of rotatable bonds is 8. The van der Waals surface area contributed by atoms with Gasteiger partial charge in [-0.1, -0.05) is 13.8 Å². The number of aliphatic hydroxyl groups is 1. The van der Waals surface area contributed by atoms with Crippen molar-refractivity contribution < 1.29 is 9.84 Å². The molecule has 0 saturated carbocycles. The van der Waals surface area contributed by atoms with E-state index in [1.807, 2.05) is 6.92 Å². The standard InChI is InChI=1S/C11H24O2/c1-4-13-8-6-5-7-11(12)9-10(2)3/h10-12H,4-9H2,1-3H3. The van der Waals surface area contributed by atoms with Gasteiger partial charge in [-0.2, -0.15) is 0 Å². The van der Waals surface area contributed by atoms with E-state index in [0.717, 1.165) is 38.9 Å². The molecule has 0 amide bonds. The normalized spacial score (nSPS) is 13.6. The van der Waals surface area contributed by atoms with Gasteiger partial charge >= 0.3 is 0 Å². The highest BCUT2D eigenvalue weighted by Gasteiger charge is 2.05. The average molecular weight is 188 g/mol. The summed E-state index contributed by atoms with van der Waals surface area (Å²) >= 11 is 0. The van der Waals surface area contributed by atoms with E-state index in [0.29, 0.717) is 5.92 Å². The topological polar surface area (TPSA) is 29.5 Å². The van der Waals surface area contributed by atoms with Gasteiger partial charge in [-0.25, -0.2) is 0 Å². The number of ether oxygens (including phenoxy) is 1. The molecule has 13 heavy (non-hydrogen) atoms.